The van der Waals surface area contributed by atoms with Gasteiger partial charge >= 0.3 is 0 Å². The highest BCUT2D eigenvalue weighted by molar-refractivity contribution is 5.88. The lowest BCUT2D eigenvalue weighted by Crippen LogP contribution is -2.31. The SMILES string of the molecule is COc1cc2c(Oc3ccccc3F)ccnc2cc1OCCCN1CCCCC1. The number of likely N-dealkylation sites (tertiary alicyclic amines) is 1. The van der Waals surface area contributed by atoms with E-state index in [1.807, 2.05) is 12.1 Å². The summed E-state index contributed by atoms with van der Waals surface area (Å²) in [6, 6.07) is 11.7. The Morgan fingerprint density at radius 3 is 2.60 bits per heavy atom. The smallest absolute Gasteiger partial charge is 0.165 e. The van der Waals surface area contributed by atoms with Crippen molar-refractivity contribution in [1.82, 2.24) is 9.88 Å². The highest BCUT2D eigenvalue weighted by Crippen LogP contribution is 2.37. The number of halogens is 1. The number of aromatic nitrogens is 1. The second-order valence-corrected chi connectivity index (χ2v) is 7.47. The predicted octanol–water partition coefficient (Wildman–Crippen LogP) is 5.43. The lowest BCUT2D eigenvalue weighted by Gasteiger charge is -2.26. The molecule has 0 aliphatic carbocycles. The van der Waals surface area contributed by atoms with E-state index < -0.39 is 5.82 Å². The van der Waals surface area contributed by atoms with Crippen molar-refractivity contribution in [2.45, 2.75) is 25.7 Å². The predicted molar refractivity (Wildman–Crippen MR) is 115 cm³/mol. The number of hydrogen-bond acceptors (Lipinski definition) is 5. The first-order valence-electron chi connectivity index (χ1n) is 10.5. The molecule has 0 bridgehead atoms. The fourth-order valence-electron chi connectivity index (χ4n) is 3.79. The molecule has 1 aliphatic rings. The van der Waals surface area contributed by atoms with Crippen LogP contribution in [-0.2, 0) is 0 Å². The van der Waals surface area contributed by atoms with E-state index in [2.05, 4.69) is 9.88 Å². The Balaban J connectivity index is 1.48. The van der Waals surface area contributed by atoms with Crippen molar-refractivity contribution in [2.75, 3.05) is 33.4 Å². The van der Waals surface area contributed by atoms with E-state index in [0.717, 1.165) is 18.4 Å². The van der Waals surface area contributed by atoms with Crippen molar-refractivity contribution in [1.29, 1.82) is 0 Å². The molecule has 30 heavy (non-hydrogen) atoms. The first kappa shape index (κ1) is 20.4. The van der Waals surface area contributed by atoms with Crippen molar-refractivity contribution in [2.24, 2.45) is 0 Å². The lowest BCUT2D eigenvalue weighted by atomic mass is 10.1. The van der Waals surface area contributed by atoms with Gasteiger partial charge in [-0.25, -0.2) is 4.39 Å². The van der Waals surface area contributed by atoms with Gasteiger partial charge in [-0.05, 0) is 56.6 Å². The average Bonchev–Trinajstić information content (AvgIpc) is 2.78. The maximum absolute atomic E-state index is 14.0. The van der Waals surface area contributed by atoms with Crippen LogP contribution in [0.25, 0.3) is 10.9 Å². The second-order valence-electron chi connectivity index (χ2n) is 7.47. The fourth-order valence-corrected chi connectivity index (χ4v) is 3.79. The first-order chi connectivity index (χ1) is 14.7. The number of fused-ring (bicyclic) bond motifs is 1. The molecule has 4 rings (SSSR count). The molecule has 0 unspecified atom stereocenters. The van der Waals surface area contributed by atoms with Crippen LogP contribution >= 0.6 is 0 Å². The topological polar surface area (TPSA) is 43.8 Å². The molecule has 0 spiro atoms. The minimum absolute atomic E-state index is 0.169. The van der Waals surface area contributed by atoms with Gasteiger partial charge < -0.3 is 19.1 Å². The molecule has 6 heteroatoms. The number of ether oxygens (including phenoxy) is 3. The molecule has 1 aliphatic heterocycles. The standard InChI is InChI=1S/C24H27FN2O3/c1-28-23-16-18-20(17-24(23)29-15-7-14-27-12-5-2-6-13-27)26-11-10-21(18)30-22-9-4-3-8-19(22)25/h3-4,8-11,16-17H,2,5-7,12-15H2,1H3. The summed E-state index contributed by atoms with van der Waals surface area (Å²) in [6.07, 6.45) is 6.54. The molecule has 0 amide bonds. The monoisotopic (exact) mass is 410 g/mol. The number of para-hydroxylation sites is 1. The van der Waals surface area contributed by atoms with E-state index in [0.29, 0.717) is 29.4 Å². The van der Waals surface area contributed by atoms with Crippen LogP contribution in [-0.4, -0.2) is 43.2 Å². The molecule has 1 saturated heterocycles. The highest BCUT2D eigenvalue weighted by atomic mass is 19.1. The number of hydrogen-bond donors (Lipinski definition) is 0. The van der Waals surface area contributed by atoms with Gasteiger partial charge in [0.15, 0.2) is 23.1 Å². The molecular weight excluding hydrogens is 383 g/mol. The molecule has 3 aromatic rings. The third kappa shape index (κ3) is 4.82. The second kappa shape index (κ2) is 9.76. The fraction of sp³-hybridized carbons (Fsp3) is 0.375. The number of piperidine rings is 1. The van der Waals surface area contributed by atoms with Crippen LogP contribution in [0.3, 0.4) is 0 Å². The highest BCUT2D eigenvalue weighted by Gasteiger charge is 2.14. The molecule has 5 nitrogen and oxygen atoms in total. The number of nitrogens with zero attached hydrogens (tertiary/aromatic N) is 2. The number of benzene rings is 2. The zero-order valence-electron chi connectivity index (χ0n) is 17.3. The normalized spacial score (nSPS) is 14.6. The molecule has 0 radical (unpaired) electrons. The summed E-state index contributed by atoms with van der Waals surface area (Å²) in [6.45, 7) is 4.04. The molecule has 2 heterocycles. The van der Waals surface area contributed by atoms with Crippen molar-refractivity contribution < 1.29 is 18.6 Å². The van der Waals surface area contributed by atoms with Crippen molar-refractivity contribution in [3.63, 3.8) is 0 Å². The molecule has 0 saturated carbocycles. The summed E-state index contributed by atoms with van der Waals surface area (Å²) in [5.41, 5.74) is 0.704. The van der Waals surface area contributed by atoms with Crippen LogP contribution in [0.4, 0.5) is 4.39 Å². The zero-order chi connectivity index (χ0) is 20.8. The minimum Gasteiger partial charge on any atom is -0.493 e. The number of rotatable bonds is 8. The van der Waals surface area contributed by atoms with Crippen molar-refractivity contribution in [3.8, 4) is 23.0 Å². The Morgan fingerprint density at radius 1 is 0.967 bits per heavy atom. The van der Waals surface area contributed by atoms with E-state index in [4.69, 9.17) is 14.2 Å². The van der Waals surface area contributed by atoms with Gasteiger partial charge in [0.05, 0.1) is 19.2 Å². The molecule has 158 valence electrons. The minimum atomic E-state index is -0.414. The van der Waals surface area contributed by atoms with Crippen molar-refractivity contribution in [3.05, 3.63) is 54.5 Å². The van der Waals surface area contributed by atoms with Gasteiger partial charge in [-0.1, -0.05) is 18.6 Å². The molecule has 0 atom stereocenters. The van der Waals surface area contributed by atoms with Gasteiger partial charge in [0.25, 0.3) is 0 Å². The maximum atomic E-state index is 14.0. The van der Waals surface area contributed by atoms with Crippen LogP contribution in [0.2, 0.25) is 0 Å². The van der Waals surface area contributed by atoms with E-state index in [9.17, 15) is 4.39 Å². The Labute approximate surface area is 176 Å². The van der Waals surface area contributed by atoms with Crippen LogP contribution < -0.4 is 14.2 Å². The zero-order valence-corrected chi connectivity index (χ0v) is 17.3. The maximum Gasteiger partial charge on any atom is 0.165 e. The van der Waals surface area contributed by atoms with Gasteiger partial charge in [0, 0.05) is 24.2 Å². The third-order valence-corrected chi connectivity index (χ3v) is 5.37. The van der Waals surface area contributed by atoms with E-state index in [1.54, 1.807) is 37.6 Å². The van der Waals surface area contributed by atoms with Gasteiger partial charge in [0.1, 0.15) is 5.75 Å². The van der Waals surface area contributed by atoms with Crippen molar-refractivity contribution >= 4 is 10.9 Å². The molecule has 2 aromatic carbocycles. The van der Waals surface area contributed by atoms with Gasteiger partial charge in [-0.15, -0.1) is 0 Å². The Kier molecular flexibility index (Phi) is 6.64. The first-order valence-corrected chi connectivity index (χ1v) is 10.5. The third-order valence-electron chi connectivity index (χ3n) is 5.37. The summed E-state index contributed by atoms with van der Waals surface area (Å²) in [5.74, 6) is 1.52. The summed E-state index contributed by atoms with van der Waals surface area (Å²) in [5, 5.41) is 0.735. The van der Waals surface area contributed by atoms with E-state index >= 15 is 0 Å². The van der Waals surface area contributed by atoms with Crippen LogP contribution in [0, 0.1) is 5.82 Å². The number of methoxy groups -OCH3 is 1. The summed E-state index contributed by atoms with van der Waals surface area (Å²) >= 11 is 0. The summed E-state index contributed by atoms with van der Waals surface area (Å²) in [4.78, 5) is 6.92. The van der Waals surface area contributed by atoms with Crippen LogP contribution in [0.1, 0.15) is 25.7 Å². The van der Waals surface area contributed by atoms with Gasteiger partial charge in [-0.2, -0.15) is 0 Å². The molecular formula is C24H27FN2O3. The molecule has 1 aromatic heterocycles. The number of pyridine rings is 1. The largest absolute Gasteiger partial charge is 0.493 e. The van der Waals surface area contributed by atoms with E-state index in [-0.39, 0.29) is 5.75 Å². The lowest BCUT2D eigenvalue weighted by molar-refractivity contribution is 0.203. The van der Waals surface area contributed by atoms with Crippen LogP contribution in [0.15, 0.2) is 48.7 Å². The Bertz CT molecular complexity index is 989. The molecule has 0 N–H and O–H groups in total. The average molecular weight is 410 g/mol. The summed E-state index contributed by atoms with van der Waals surface area (Å²) in [7, 11) is 1.61. The molecule has 1 fully saturated rings. The Hall–Kier alpha value is -2.86. The van der Waals surface area contributed by atoms with E-state index in [1.165, 1.54) is 38.4 Å². The van der Waals surface area contributed by atoms with Crippen LogP contribution in [0.5, 0.6) is 23.0 Å². The Morgan fingerprint density at radius 2 is 1.80 bits per heavy atom. The quantitative estimate of drug-likeness (QED) is 0.463. The summed E-state index contributed by atoms with van der Waals surface area (Å²) < 4.78 is 31.4. The van der Waals surface area contributed by atoms with Gasteiger partial charge in [0.2, 0.25) is 0 Å². The van der Waals surface area contributed by atoms with Gasteiger partial charge in [-0.3, -0.25) is 4.98 Å².